The van der Waals surface area contributed by atoms with Gasteiger partial charge in [0.1, 0.15) is 0 Å². The third-order valence-electron chi connectivity index (χ3n) is 11.4. The van der Waals surface area contributed by atoms with Gasteiger partial charge in [0.15, 0.2) is 0 Å². The molecule has 0 saturated carbocycles. The first-order valence-corrected chi connectivity index (χ1v) is 18.8. The molecule has 0 aliphatic rings. The molecule has 0 fully saturated rings. The van der Waals surface area contributed by atoms with Crippen LogP contribution >= 0.6 is 11.3 Å². The van der Waals surface area contributed by atoms with E-state index in [4.69, 9.17) is 9.97 Å². The summed E-state index contributed by atoms with van der Waals surface area (Å²) in [7, 11) is 0. The molecular formula is C48H26N4S. The quantitative estimate of drug-likeness (QED) is 0.169. The van der Waals surface area contributed by atoms with Crippen LogP contribution < -0.4 is 0 Å². The molecule has 4 nitrogen and oxygen atoms in total. The summed E-state index contributed by atoms with van der Waals surface area (Å²) in [4.78, 5) is 10.9. The van der Waals surface area contributed by atoms with Crippen LogP contribution in [0.4, 0.5) is 0 Å². The van der Waals surface area contributed by atoms with Gasteiger partial charge in [-0.1, -0.05) is 121 Å². The van der Waals surface area contributed by atoms with E-state index >= 15 is 0 Å². The molecule has 0 aliphatic heterocycles. The van der Waals surface area contributed by atoms with Gasteiger partial charge in [0, 0.05) is 58.1 Å². The summed E-state index contributed by atoms with van der Waals surface area (Å²) in [6, 6.07) is 57.2. The number of thiophene rings is 1. The predicted molar refractivity (Wildman–Crippen MR) is 224 cm³/mol. The van der Waals surface area contributed by atoms with Gasteiger partial charge in [-0.2, -0.15) is 0 Å². The molecule has 0 saturated heterocycles. The predicted octanol–water partition coefficient (Wildman–Crippen LogP) is 13.1. The Hall–Kier alpha value is -6.82. The number of nitrogens with zero attached hydrogens (tertiary/aromatic N) is 4. The number of fused-ring (bicyclic) bond motifs is 12. The van der Waals surface area contributed by atoms with E-state index in [0.29, 0.717) is 5.95 Å². The summed E-state index contributed by atoms with van der Waals surface area (Å²) in [5.41, 5.74) is 8.84. The minimum absolute atomic E-state index is 0.670. The van der Waals surface area contributed by atoms with Gasteiger partial charge >= 0.3 is 0 Å². The number of rotatable bonds is 2. The van der Waals surface area contributed by atoms with Gasteiger partial charge in [-0.3, -0.25) is 4.57 Å². The summed E-state index contributed by atoms with van der Waals surface area (Å²) in [5, 5.41) is 13.5. The van der Waals surface area contributed by atoms with Gasteiger partial charge in [0.05, 0.1) is 38.8 Å². The zero-order valence-corrected chi connectivity index (χ0v) is 29.0. The Kier molecular flexibility index (Phi) is 5.22. The molecule has 0 spiro atoms. The number of para-hydroxylation sites is 1. The van der Waals surface area contributed by atoms with Crippen LogP contribution in [0.25, 0.3) is 119 Å². The SMILES string of the molecule is c1ccc(-c2nc(-n3c4cccc5c6cccc7c8ccc9sc%10ccccc%10c9c8n(c8cccc3c8c54)c67)nc3ccc4ccccc4c23)cc1. The Morgan fingerprint density at radius 3 is 1.98 bits per heavy atom. The van der Waals surface area contributed by atoms with Crippen molar-refractivity contribution in [2.75, 3.05) is 0 Å². The Morgan fingerprint density at radius 1 is 0.396 bits per heavy atom. The second kappa shape index (κ2) is 9.94. The van der Waals surface area contributed by atoms with Crippen molar-refractivity contribution in [2.24, 2.45) is 0 Å². The molecule has 244 valence electrons. The summed E-state index contributed by atoms with van der Waals surface area (Å²) in [6.45, 7) is 0. The average molecular weight is 691 g/mol. The van der Waals surface area contributed by atoms with Crippen LogP contribution in [0, 0.1) is 0 Å². The van der Waals surface area contributed by atoms with E-state index in [0.717, 1.165) is 38.6 Å². The van der Waals surface area contributed by atoms with Crippen molar-refractivity contribution in [1.82, 2.24) is 18.9 Å². The van der Waals surface area contributed by atoms with E-state index in [9.17, 15) is 0 Å². The van der Waals surface area contributed by atoms with Crippen LogP contribution in [0.15, 0.2) is 158 Å². The molecule has 0 radical (unpaired) electrons. The Morgan fingerprint density at radius 2 is 1.08 bits per heavy atom. The van der Waals surface area contributed by atoms with E-state index < -0.39 is 0 Å². The third kappa shape index (κ3) is 3.50. The number of benzene rings is 8. The third-order valence-corrected chi connectivity index (χ3v) is 12.6. The maximum Gasteiger partial charge on any atom is 0.235 e. The molecule has 5 heterocycles. The summed E-state index contributed by atoms with van der Waals surface area (Å²) in [5.74, 6) is 0.670. The lowest BCUT2D eigenvalue weighted by Crippen LogP contribution is -2.04. The highest BCUT2D eigenvalue weighted by atomic mass is 32.1. The highest BCUT2D eigenvalue weighted by Crippen LogP contribution is 2.47. The van der Waals surface area contributed by atoms with Crippen LogP contribution in [-0.4, -0.2) is 18.9 Å². The highest BCUT2D eigenvalue weighted by Gasteiger charge is 2.25. The normalized spacial score (nSPS) is 12.5. The van der Waals surface area contributed by atoms with Gasteiger partial charge in [0.2, 0.25) is 5.95 Å². The van der Waals surface area contributed by atoms with Crippen LogP contribution in [0.5, 0.6) is 0 Å². The molecule has 0 amide bonds. The van der Waals surface area contributed by atoms with E-state index in [1.165, 1.54) is 74.4 Å². The van der Waals surface area contributed by atoms with Crippen molar-refractivity contribution < 1.29 is 0 Å². The van der Waals surface area contributed by atoms with Crippen molar-refractivity contribution >= 4 is 113 Å². The highest BCUT2D eigenvalue weighted by molar-refractivity contribution is 7.26. The first kappa shape index (κ1) is 27.8. The van der Waals surface area contributed by atoms with Gasteiger partial charge in [-0.05, 0) is 52.6 Å². The van der Waals surface area contributed by atoms with E-state index in [-0.39, 0.29) is 0 Å². The van der Waals surface area contributed by atoms with Crippen LogP contribution in [-0.2, 0) is 0 Å². The van der Waals surface area contributed by atoms with Gasteiger partial charge < -0.3 is 4.40 Å². The fourth-order valence-corrected chi connectivity index (χ4v) is 10.4. The second-order valence-electron chi connectivity index (χ2n) is 14.1. The fraction of sp³-hybridized carbons (Fsp3) is 0. The molecule has 5 aromatic heterocycles. The Balaban J connectivity index is 1.25. The monoisotopic (exact) mass is 690 g/mol. The number of hydrogen-bond acceptors (Lipinski definition) is 3. The first-order valence-electron chi connectivity index (χ1n) is 18.0. The molecule has 8 aromatic carbocycles. The van der Waals surface area contributed by atoms with Crippen molar-refractivity contribution in [2.45, 2.75) is 0 Å². The topological polar surface area (TPSA) is 35.1 Å². The molecule has 13 aromatic rings. The number of aromatic nitrogens is 4. The standard InChI is InChI=1S/C48H26N4S/c1-2-12-28(13-3-1)45-41-29-14-5-4-11-27(29)23-25-35(41)49-48(50-45)51-36-19-9-16-30-31-17-8-18-32-33-24-26-40-43(34-15-6-7-22-39(34)53-40)47(33)52(46(31)32)38-21-10-20-37(51)44(38)42(30)36/h1-26H. The van der Waals surface area contributed by atoms with E-state index in [1.54, 1.807) is 0 Å². The lowest BCUT2D eigenvalue weighted by atomic mass is 10.0. The number of hydrogen-bond donors (Lipinski definition) is 0. The molecule has 13 rings (SSSR count). The minimum Gasteiger partial charge on any atom is -0.307 e. The summed E-state index contributed by atoms with van der Waals surface area (Å²) >= 11 is 1.88. The first-order chi connectivity index (χ1) is 26.3. The lowest BCUT2D eigenvalue weighted by molar-refractivity contribution is 1.01. The van der Waals surface area contributed by atoms with Crippen molar-refractivity contribution in [3.05, 3.63) is 158 Å². The second-order valence-corrected chi connectivity index (χ2v) is 15.2. The Bertz CT molecular complexity index is 3680. The van der Waals surface area contributed by atoms with Crippen molar-refractivity contribution in [3.8, 4) is 17.2 Å². The van der Waals surface area contributed by atoms with Crippen LogP contribution in [0.3, 0.4) is 0 Å². The van der Waals surface area contributed by atoms with Gasteiger partial charge in [0.25, 0.3) is 0 Å². The molecule has 5 heteroatoms. The zero-order valence-electron chi connectivity index (χ0n) is 28.2. The van der Waals surface area contributed by atoms with Crippen LogP contribution in [0.2, 0.25) is 0 Å². The summed E-state index contributed by atoms with van der Waals surface area (Å²) in [6.07, 6.45) is 0. The van der Waals surface area contributed by atoms with E-state index in [2.05, 4.69) is 167 Å². The fourth-order valence-electron chi connectivity index (χ4n) is 9.33. The van der Waals surface area contributed by atoms with Crippen LogP contribution in [0.1, 0.15) is 0 Å². The zero-order chi connectivity index (χ0) is 34.4. The van der Waals surface area contributed by atoms with Gasteiger partial charge in [-0.25, -0.2) is 9.97 Å². The molecule has 0 N–H and O–H groups in total. The molecule has 0 unspecified atom stereocenters. The molecule has 53 heavy (non-hydrogen) atoms. The maximum atomic E-state index is 5.50. The smallest absolute Gasteiger partial charge is 0.235 e. The largest absolute Gasteiger partial charge is 0.307 e. The van der Waals surface area contributed by atoms with Crippen molar-refractivity contribution in [3.63, 3.8) is 0 Å². The molecule has 0 bridgehead atoms. The molecule has 0 aliphatic carbocycles. The molecule has 0 atom stereocenters. The minimum atomic E-state index is 0.670. The van der Waals surface area contributed by atoms with Crippen molar-refractivity contribution in [1.29, 1.82) is 0 Å². The average Bonchev–Trinajstić information content (AvgIpc) is 3.85. The Labute approximate surface area is 305 Å². The lowest BCUT2D eigenvalue weighted by Gasteiger charge is -2.14. The summed E-state index contributed by atoms with van der Waals surface area (Å²) < 4.78 is 7.48. The molecular weight excluding hydrogens is 665 g/mol. The van der Waals surface area contributed by atoms with Gasteiger partial charge in [-0.15, -0.1) is 11.3 Å². The van der Waals surface area contributed by atoms with E-state index in [1.807, 2.05) is 11.3 Å². The maximum absolute atomic E-state index is 5.50.